The predicted octanol–water partition coefficient (Wildman–Crippen LogP) is 3.57. The van der Waals surface area contributed by atoms with Crippen molar-refractivity contribution in [3.8, 4) is 5.75 Å². The van der Waals surface area contributed by atoms with Crippen molar-refractivity contribution in [3.05, 3.63) is 71.8 Å². The summed E-state index contributed by atoms with van der Waals surface area (Å²) < 4.78 is 37.3. The van der Waals surface area contributed by atoms with Crippen molar-refractivity contribution in [2.45, 2.75) is 13.3 Å². The standard InChI is InChI=1S/C20H19IN3O6S/c1-11-14-9-16(21)18(30-20(26)24(2)3)10-17(14)29-19(25)15(11)8-12-5-4-6-13(7-12)23-31(22,27)28/h4-7,9-10H,8H2,1-3H3,(H2,22,27,28)/q-1. The van der Waals surface area contributed by atoms with Crippen molar-refractivity contribution in [2.24, 2.45) is 5.14 Å². The Bertz CT molecular complexity index is 1330. The number of amides is 1. The lowest BCUT2D eigenvalue weighted by atomic mass is 9.99. The second-order valence-electron chi connectivity index (χ2n) is 6.99. The summed E-state index contributed by atoms with van der Waals surface area (Å²) in [5, 5.41) is 5.66. The molecule has 0 aliphatic heterocycles. The molecule has 1 heterocycles. The molecule has 31 heavy (non-hydrogen) atoms. The first-order valence-corrected chi connectivity index (χ1v) is 11.5. The minimum Gasteiger partial charge on any atom is -0.564 e. The van der Waals surface area contributed by atoms with E-state index in [1.165, 1.54) is 17.0 Å². The molecule has 2 N–H and O–H groups in total. The number of aryl methyl sites for hydroxylation is 1. The van der Waals surface area contributed by atoms with Crippen molar-refractivity contribution in [1.29, 1.82) is 0 Å². The number of nitrogens with zero attached hydrogens (tertiary/aromatic N) is 2. The molecule has 1 amide bonds. The van der Waals surface area contributed by atoms with Gasteiger partial charge in [-0.2, -0.15) is 0 Å². The van der Waals surface area contributed by atoms with E-state index in [1.807, 2.05) is 22.6 Å². The summed E-state index contributed by atoms with van der Waals surface area (Å²) in [5.41, 5.74) is 1.74. The molecule has 0 saturated heterocycles. The quantitative estimate of drug-likeness (QED) is 0.377. The summed E-state index contributed by atoms with van der Waals surface area (Å²) >= 11 is 2.05. The zero-order valence-electron chi connectivity index (χ0n) is 16.9. The third kappa shape index (κ3) is 5.54. The van der Waals surface area contributed by atoms with E-state index >= 15 is 0 Å². The second kappa shape index (κ2) is 8.85. The van der Waals surface area contributed by atoms with Crippen LogP contribution in [0.2, 0.25) is 0 Å². The van der Waals surface area contributed by atoms with Crippen LogP contribution in [0.3, 0.4) is 0 Å². The molecule has 164 valence electrons. The van der Waals surface area contributed by atoms with E-state index in [1.54, 1.807) is 45.3 Å². The smallest absolute Gasteiger partial charge is 0.414 e. The molecule has 11 heteroatoms. The highest BCUT2D eigenvalue weighted by molar-refractivity contribution is 14.1. The molecular weight excluding hydrogens is 537 g/mol. The molecule has 3 rings (SSSR count). The average Bonchev–Trinajstić information content (AvgIpc) is 2.65. The first kappa shape index (κ1) is 23.0. The van der Waals surface area contributed by atoms with Gasteiger partial charge < -0.3 is 18.8 Å². The summed E-state index contributed by atoms with van der Waals surface area (Å²) in [5.74, 6) is 0.291. The Labute approximate surface area is 192 Å². The Kier molecular flexibility index (Phi) is 6.57. The maximum atomic E-state index is 12.7. The van der Waals surface area contributed by atoms with Gasteiger partial charge in [-0.05, 0) is 46.7 Å². The van der Waals surface area contributed by atoms with E-state index in [2.05, 4.69) is 4.72 Å². The lowest BCUT2D eigenvalue weighted by molar-refractivity contribution is 0.171. The molecule has 0 unspecified atom stereocenters. The van der Waals surface area contributed by atoms with E-state index < -0.39 is 21.9 Å². The zero-order valence-corrected chi connectivity index (χ0v) is 19.9. The Morgan fingerprint density at radius 3 is 2.61 bits per heavy atom. The van der Waals surface area contributed by atoms with E-state index in [0.717, 1.165) is 0 Å². The number of hydrogen-bond acceptors (Lipinski definition) is 6. The summed E-state index contributed by atoms with van der Waals surface area (Å²) in [6, 6.07) is 9.72. The highest BCUT2D eigenvalue weighted by Gasteiger charge is 2.17. The Morgan fingerprint density at radius 1 is 1.26 bits per heavy atom. The van der Waals surface area contributed by atoms with Crippen molar-refractivity contribution >= 4 is 55.6 Å². The molecule has 0 aliphatic rings. The molecule has 0 spiro atoms. The van der Waals surface area contributed by atoms with Gasteiger partial charge in [0.05, 0.1) is 3.57 Å². The summed E-state index contributed by atoms with van der Waals surface area (Å²) in [4.78, 5) is 25.8. The van der Waals surface area contributed by atoms with Crippen LogP contribution < -0.4 is 15.5 Å². The minimum absolute atomic E-state index is 0.171. The van der Waals surface area contributed by atoms with Crippen molar-refractivity contribution in [3.63, 3.8) is 0 Å². The number of nitrogens with two attached hydrogens (primary N) is 1. The first-order chi connectivity index (χ1) is 14.4. The number of carbonyl (C=O) groups is 1. The van der Waals surface area contributed by atoms with Crippen LogP contribution in [-0.4, -0.2) is 33.5 Å². The lowest BCUT2D eigenvalue weighted by Crippen LogP contribution is -2.25. The van der Waals surface area contributed by atoms with Crippen molar-refractivity contribution in [1.82, 2.24) is 4.90 Å². The number of fused-ring (bicyclic) bond motifs is 1. The van der Waals surface area contributed by atoms with Crippen LogP contribution in [0.5, 0.6) is 5.75 Å². The molecule has 0 radical (unpaired) electrons. The third-order valence-electron chi connectivity index (χ3n) is 4.43. The van der Waals surface area contributed by atoms with Gasteiger partial charge in [0.15, 0.2) is 10.2 Å². The van der Waals surface area contributed by atoms with Crippen LogP contribution in [-0.2, 0) is 16.6 Å². The maximum Gasteiger partial charge on any atom is 0.414 e. The molecule has 0 saturated carbocycles. The Hall–Kier alpha value is -2.64. The molecule has 3 aromatic rings. The van der Waals surface area contributed by atoms with Gasteiger partial charge in [-0.3, -0.25) is 0 Å². The molecule has 1 aromatic heterocycles. The number of rotatable bonds is 5. The van der Waals surface area contributed by atoms with Gasteiger partial charge in [-0.25, -0.2) is 23.1 Å². The van der Waals surface area contributed by atoms with Crippen LogP contribution in [0.25, 0.3) is 15.7 Å². The Balaban J connectivity index is 2.00. The largest absolute Gasteiger partial charge is 0.564 e. The molecule has 0 atom stereocenters. The van der Waals surface area contributed by atoms with Crippen LogP contribution in [0.15, 0.2) is 45.6 Å². The van der Waals surface area contributed by atoms with Crippen LogP contribution in [0.1, 0.15) is 16.7 Å². The molecule has 0 fully saturated rings. The average molecular weight is 556 g/mol. The molecule has 2 aromatic carbocycles. The summed E-state index contributed by atoms with van der Waals surface area (Å²) in [7, 11) is -0.895. The minimum atomic E-state index is -4.03. The van der Waals surface area contributed by atoms with Gasteiger partial charge in [-0.1, -0.05) is 24.3 Å². The van der Waals surface area contributed by atoms with Gasteiger partial charge in [0.1, 0.15) is 11.3 Å². The SMILES string of the molecule is Cc1c(Cc2cccc([N-]S(N)(=O)=O)c2)c(=O)oc2cc(OC(=O)N(C)C)c(I)cc12. The fourth-order valence-electron chi connectivity index (χ4n) is 2.93. The lowest BCUT2D eigenvalue weighted by Gasteiger charge is -2.19. The predicted molar refractivity (Wildman–Crippen MR) is 125 cm³/mol. The van der Waals surface area contributed by atoms with Crippen LogP contribution in [0.4, 0.5) is 10.5 Å². The maximum absolute atomic E-state index is 12.7. The zero-order chi connectivity index (χ0) is 22.9. The van der Waals surface area contributed by atoms with E-state index in [9.17, 15) is 18.0 Å². The van der Waals surface area contributed by atoms with E-state index in [4.69, 9.17) is 14.3 Å². The number of carbonyl (C=O) groups excluding carboxylic acids is 1. The first-order valence-electron chi connectivity index (χ1n) is 8.94. The van der Waals surface area contributed by atoms with Crippen LogP contribution in [0, 0.1) is 10.5 Å². The molecule has 0 aliphatic carbocycles. The van der Waals surface area contributed by atoms with Crippen molar-refractivity contribution < 1.29 is 22.4 Å². The van der Waals surface area contributed by atoms with Gasteiger partial charge >= 0.3 is 11.7 Å². The normalized spacial score (nSPS) is 11.4. The Morgan fingerprint density at radius 2 is 1.97 bits per heavy atom. The third-order valence-corrected chi connectivity index (χ3v) is 5.73. The summed E-state index contributed by atoms with van der Waals surface area (Å²) in [6.07, 6.45) is -0.329. The summed E-state index contributed by atoms with van der Waals surface area (Å²) in [6.45, 7) is 1.80. The van der Waals surface area contributed by atoms with Gasteiger partial charge in [0, 0.05) is 37.5 Å². The van der Waals surface area contributed by atoms with Crippen molar-refractivity contribution in [2.75, 3.05) is 14.1 Å². The van der Waals surface area contributed by atoms with E-state index in [0.29, 0.717) is 37.0 Å². The van der Waals surface area contributed by atoms with Gasteiger partial charge in [0.2, 0.25) is 0 Å². The highest BCUT2D eigenvalue weighted by Crippen LogP contribution is 2.31. The number of hydrogen-bond donors (Lipinski definition) is 1. The second-order valence-corrected chi connectivity index (χ2v) is 9.36. The number of benzene rings is 2. The molecular formula is C20H19IN3O6S-. The highest BCUT2D eigenvalue weighted by atomic mass is 127. The van der Waals surface area contributed by atoms with E-state index in [-0.39, 0.29) is 12.1 Å². The van der Waals surface area contributed by atoms with Gasteiger partial charge in [0.25, 0.3) is 0 Å². The van der Waals surface area contributed by atoms with Crippen LogP contribution >= 0.6 is 22.6 Å². The molecule has 9 nitrogen and oxygen atoms in total. The fourth-order valence-corrected chi connectivity index (χ4v) is 3.92. The monoisotopic (exact) mass is 556 g/mol. The number of ether oxygens (including phenoxy) is 1. The molecule has 0 bridgehead atoms. The van der Waals surface area contributed by atoms with Gasteiger partial charge in [-0.15, -0.1) is 5.69 Å². The topological polar surface area (TPSA) is 134 Å². The number of halogens is 1. The fraction of sp³-hybridized carbons (Fsp3) is 0.200.